The molecule has 0 aliphatic carbocycles. The van der Waals surface area contributed by atoms with Crippen molar-refractivity contribution in [1.82, 2.24) is 25.4 Å². The maximum absolute atomic E-state index is 5.41. The van der Waals surface area contributed by atoms with Crippen molar-refractivity contribution in [2.45, 2.75) is 26.8 Å². The van der Waals surface area contributed by atoms with Gasteiger partial charge in [0, 0.05) is 13.1 Å². The Morgan fingerprint density at radius 3 is 2.59 bits per heavy atom. The zero-order valence-corrected chi connectivity index (χ0v) is 17.2. The van der Waals surface area contributed by atoms with Crippen LogP contribution in [0, 0.1) is 6.92 Å². The fourth-order valence-corrected chi connectivity index (χ4v) is 2.95. The predicted molar refractivity (Wildman–Crippen MR) is 116 cm³/mol. The molecule has 2 aromatic carbocycles. The molecule has 152 valence electrons. The Kier molecular flexibility index (Phi) is 7.22. The molecular weight excluding hydrogens is 364 g/mol. The number of nitrogens with zero attached hydrogens (tertiary/aromatic N) is 4. The maximum atomic E-state index is 5.41. The van der Waals surface area contributed by atoms with Gasteiger partial charge in [-0.25, -0.2) is 14.7 Å². The Bertz CT molecular complexity index is 919. The van der Waals surface area contributed by atoms with Crippen LogP contribution in [-0.4, -0.2) is 40.9 Å². The molecule has 7 nitrogen and oxygen atoms in total. The number of hydrogen-bond donors (Lipinski definition) is 2. The van der Waals surface area contributed by atoms with Crippen molar-refractivity contribution in [2.75, 3.05) is 20.2 Å². The maximum Gasteiger partial charge on any atom is 0.191 e. The first-order valence-corrected chi connectivity index (χ1v) is 9.79. The van der Waals surface area contributed by atoms with Gasteiger partial charge in [0.2, 0.25) is 0 Å². The molecule has 0 unspecified atom stereocenters. The Labute approximate surface area is 171 Å². The lowest BCUT2D eigenvalue weighted by molar-refractivity contribution is 0.411. The van der Waals surface area contributed by atoms with Crippen molar-refractivity contribution in [3.8, 4) is 11.4 Å². The van der Waals surface area contributed by atoms with Crippen LogP contribution in [0.15, 0.2) is 60.1 Å². The summed E-state index contributed by atoms with van der Waals surface area (Å²) >= 11 is 0. The van der Waals surface area contributed by atoms with Crippen LogP contribution in [0.4, 0.5) is 0 Å². The van der Waals surface area contributed by atoms with Crippen molar-refractivity contribution in [3.05, 3.63) is 71.8 Å². The van der Waals surface area contributed by atoms with E-state index in [-0.39, 0.29) is 0 Å². The summed E-state index contributed by atoms with van der Waals surface area (Å²) in [5.41, 5.74) is 4.50. The van der Waals surface area contributed by atoms with E-state index in [1.54, 1.807) is 18.1 Å². The van der Waals surface area contributed by atoms with Crippen LogP contribution in [0.5, 0.6) is 5.75 Å². The van der Waals surface area contributed by atoms with Crippen LogP contribution < -0.4 is 15.4 Å². The molecule has 0 saturated heterocycles. The molecule has 0 atom stereocenters. The largest absolute Gasteiger partial charge is 0.496 e. The van der Waals surface area contributed by atoms with Crippen LogP contribution in [0.1, 0.15) is 23.6 Å². The normalized spacial score (nSPS) is 11.3. The van der Waals surface area contributed by atoms with Crippen LogP contribution in [-0.2, 0) is 13.0 Å². The second kappa shape index (κ2) is 10.3. The van der Waals surface area contributed by atoms with Gasteiger partial charge in [0.05, 0.1) is 19.3 Å². The number of ether oxygens (including phenoxy) is 1. The number of nitrogens with one attached hydrogen (secondary N) is 2. The molecule has 0 spiro atoms. The number of guanidine groups is 1. The third-order valence-corrected chi connectivity index (χ3v) is 4.56. The summed E-state index contributed by atoms with van der Waals surface area (Å²) in [7, 11) is 1.71. The van der Waals surface area contributed by atoms with Crippen molar-refractivity contribution in [2.24, 2.45) is 4.99 Å². The number of aliphatic imine (C=N–C) groups is 1. The van der Waals surface area contributed by atoms with Gasteiger partial charge in [0.15, 0.2) is 5.96 Å². The molecule has 29 heavy (non-hydrogen) atoms. The standard InChI is InChI=1S/C22H28N6O/c1-4-24-22(25-12-11-18-6-5-17(2)21(13-18)29-3)26-14-19-7-9-20(10-8-19)28-16-23-15-27-28/h5-10,13,15-16H,4,11-12,14H2,1-3H3,(H2,24,25,26). The van der Waals surface area contributed by atoms with E-state index < -0.39 is 0 Å². The molecule has 2 N–H and O–H groups in total. The lowest BCUT2D eigenvalue weighted by Gasteiger charge is -2.12. The fraction of sp³-hybridized carbons (Fsp3) is 0.318. The Morgan fingerprint density at radius 2 is 1.90 bits per heavy atom. The summed E-state index contributed by atoms with van der Waals surface area (Å²) in [5, 5.41) is 10.8. The minimum atomic E-state index is 0.603. The van der Waals surface area contributed by atoms with E-state index in [1.807, 2.05) is 12.1 Å². The van der Waals surface area contributed by atoms with E-state index in [0.29, 0.717) is 6.54 Å². The van der Waals surface area contributed by atoms with Crippen molar-refractivity contribution < 1.29 is 4.74 Å². The number of benzene rings is 2. The summed E-state index contributed by atoms with van der Waals surface area (Å²) < 4.78 is 7.14. The minimum Gasteiger partial charge on any atom is -0.496 e. The number of methoxy groups -OCH3 is 1. The summed E-state index contributed by atoms with van der Waals surface area (Å²) in [6.07, 6.45) is 4.11. The lowest BCUT2D eigenvalue weighted by atomic mass is 10.1. The van der Waals surface area contributed by atoms with Gasteiger partial charge in [0.25, 0.3) is 0 Å². The van der Waals surface area contributed by atoms with E-state index in [0.717, 1.165) is 48.0 Å². The summed E-state index contributed by atoms with van der Waals surface area (Å²) in [4.78, 5) is 8.66. The second-order valence-corrected chi connectivity index (χ2v) is 6.68. The molecule has 7 heteroatoms. The van der Waals surface area contributed by atoms with Gasteiger partial charge in [-0.1, -0.05) is 24.3 Å². The quantitative estimate of drug-likeness (QED) is 0.455. The predicted octanol–water partition coefficient (Wildman–Crippen LogP) is 2.88. The monoisotopic (exact) mass is 392 g/mol. The summed E-state index contributed by atoms with van der Waals surface area (Å²) in [6, 6.07) is 14.5. The first kappa shape index (κ1) is 20.4. The molecule has 0 radical (unpaired) electrons. The number of aryl methyl sites for hydroxylation is 1. The third kappa shape index (κ3) is 5.81. The lowest BCUT2D eigenvalue weighted by Crippen LogP contribution is -2.38. The topological polar surface area (TPSA) is 76.4 Å². The molecule has 0 fully saturated rings. The van der Waals surface area contributed by atoms with E-state index >= 15 is 0 Å². The smallest absolute Gasteiger partial charge is 0.191 e. The molecule has 0 bridgehead atoms. The van der Waals surface area contributed by atoms with Gasteiger partial charge in [-0.3, -0.25) is 0 Å². The highest BCUT2D eigenvalue weighted by Gasteiger charge is 2.03. The highest BCUT2D eigenvalue weighted by Crippen LogP contribution is 2.19. The number of aromatic nitrogens is 3. The first-order chi connectivity index (χ1) is 14.2. The van der Waals surface area contributed by atoms with Crippen LogP contribution in [0.25, 0.3) is 5.69 Å². The van der Waals surface area contributed by atoms with Crippen LogP contribution in [0.3, 0.4) is 0 Å². The zero-order valence-electron chi connectivity index (χ0n) is 17.2. The van der Waals surface area contributed by atoms with Crippen molar-refractivity contribution in [3.63, 3.8) is 0 Å². The van der Waals surface area contributed by atoms with Crippen molar-refractivity contribution >= 4 is 5.96 Å². The van der Waals surface area contributed by atoms with Gasteiger partial charge < -0.3 is 15.4 Å². The van der Waals surface area contributed by atoms with Crippen LogP contribution in [0.2, 0.25) is 0 Å². The van der Waals surface area contributed by atoms with Gasteiger partial charge in [0.1, 0.15) is 18.4 Å². The molecule has 3 rings (SSSR count). The van der Waals surface area contributed by atoms with Gasteiger partial charge in [-0.2, -0.15) is 5.10 Å². The molecule has 0 aliphatic heterocycles. The molecule has 1 heterocycles. The van der Waals surface area contributed by atoms with Gasteiger partial charge in [-0.05, 0) is 55.2 Å². The van der Waals surface area contributed by atoms with E-state index in [1.165, 1.54) is 11.9 Å². The summed E-state index contributed by atoms with van der Waals surface area (Å²) in [5.74, 6) is 1.74. The van der Waals surface area contributed by atoms with Crippen LogP contribution >= 0.6 is 0 Å². The number of rotatable bonds is 8. The Hall–Kier alpha value is -3.35. The minimum absolute atomic E-state index is 0.603. The fourth-order valence-electron chi connectivity index (χ4n) is 2.95. The zero-order chi connectivity index (χ0) is 20.5. The molecule has 0 aliphatic rings. The highest BCUT2D eigenvalue weighted by molar-refractivity contribution is 5.79. The third-order valence-electron chi connectivity index (χ3n) is 4.56. The SMILES string of the molecule is CCNC(=NCc1ccc(-n2cncn2)cc1)NCCc1ccc(C)c(OC)c1. The molecule has 0 amide bonds. The number of hydrogen-bond acceptors (Lipinski definition) is 4. The summed E-state index contributed by atoms with van der Waals surface area (Å²) in [6.45, 7) is 6.33. The highest BCUT2D eigenvalue weighted by atomic mass is 16.5. The van der Waals surface area contributed by atoms with Gasteiger partial charge >= 0.3 is 0 Å². The average molecular weight is 393 g/mol. The van der Waals surface area contributed by atoms with E-state index in [4.69, 9.17) is 9.73 Å². The van der Waals surface area contributed by atoms with E-state index in [9.17, 15) is 0 Å². The molecule has 1 aromatic heterocycles. The first-order valence-electron chi connectivity index (χ1n) is 9.79. The van der Waals surface area contributed by atoms with E-state index in [2.05, 4.69) is 64.9 Å². The Morgan fingerprint density at radius 1 is 1.10 bits per heavy atom. The van der Waals surface area contributed by atoms with Crippen molar-refractivity contribution in [1.29, 1.82) is 0 Å². The van der Waals surface area contributed by atoms with Gasteiger partial charge in [-0.15, -0.1) is 0 Å². The molecule has 3 aromatic rings. The Balaban J connectivity index is 1.55. The average Bonchev–Trinajstić information content (AvgIpc) is 3.28. The molecular formula is C22H28N6O. The molecule has 0 saturated carbocycles. The second-order valence-electron chi connectivity index (χ2n) is 6.68.